The van der Waals surface area contributed by atoms with E-state index in [1.807, 2.05) is 11.2 Å². The number of nitrogens with one attached hydrogen (secondary N) is 2. The van der Waals surface area contributed by atoms with Crippen molar-refractivity contribution in [3.8, 4) is 11.1 Å². The van der Waals surface area contributed by atoms with Crippen LogP contribution in [0.15, 0.2) is 65.7 Å². The predicted octanol–water partition coefficient (Wildman–Crippen LogP) is 4.28. The van der Waals surface area contributed by atoms with Crippen LogP contribution in [0.1, 0.15) is 34.5 Å². The van der Waals surface area contributed by atoms with E-state index in [4.69, 9.17) is 0 Å². The number of hydrogen-bond donors (Lipinski definition) is 2. The number of likely N-dealkylation sites (tertiary alicyclic amines) is 1. The second-order valence-corrected chi connectivity index (χ2v) is 9.46. The van der Waals surface area contributed by atoms with E-state index in [1.54, 1.807) is 36.5 Å². The minimum atomic E-state index is -4.57. The normalized spacial score (nSPS) is 15.2. The van der Waals surface area contributed by atoms with Gasteiger partial charge < -0.3 is 14.8 Å². The monoisotopic (exact) mass is 509 g/mol. The maximum atomic E-state index is 13.3. The zero-order chi connectivity index (χ0) is 26.2. The maximum Gasteiger partial charge on any atom is 0.433 e. The number of H-pyrrole nitrogens is 1. The first-order valence-electron chi connectivity index (χ1n) is 12.0. The quantitative estimate of drug-likeness (QED) is 0.421. The summed E-state index contributed by atoms with van der Waals surface area (Å²) in [6, 6.07) is 13.6. The van der Waals surface area contributed by atoms with Gasteiger partial charge in [-0.3, -0.25) is 14.7 Å². The number of halogens is 3. The van der Waals surface area contributed by atoms with Gasteiger partial charge in [0.25, 0.3) is 11.5 Å². The summed E-state index contributed by atoms with van der Waals surface area (Å²) >= 11 is 0. The van der Waals surface area contributed by atoms with Gasteiger partial charge in [-0.1, -0.05) is 18.2 Å². The Morgan fingerprint density at radius 3 is 2.68 bits per heavy atom. The molecule has 0 atom stereocenters. The molecular formula is C27H26F3N5O2. The van der Waals surface area contributed by atoms with E-state index >= 15 is 0 Å². The van der Waals surface area contributed by atoms with Gasteiger partial charge in [-0.2, -0.15) is 18.3 Å². The van der Waals surface area contributed by atoms with Crippen molar-refractivity contribution in [3.63, 3.8) is 0 Å². The minimum Gasteiger partial charge on any atom is -0.349 e. The molecule has 3 heterocycles. The van der Waals surface area contributed by atoms with Gasteiger partial charge in [-0.25, -0.2) is 0 Å². The third-order valence-electron chi connectivity index (χ3n) is 6.81. The summed E-state index contributed by atoms with van der Waals surface area (Å²) in [4.78, 5) is 28.2. The van der Waals surface area contributed by atoms with Crippen molar-refractivity contribution in [3.05, 3.63) is 88.1 Å². The van der Waals surface area contributed by atoms with Crippen molar-refractivity contribution in [2.75, 3.05) is 20.1 Å². The second kappa shape index (κ2) is 9.85. The Morgan fingerprint density at radius 1 is 1.14 bits per heavy atom. The number of nitrogens with zero attached hydrogens (tertiary/aromatic N) is 3. The Labute approximate surface area is 210 Å². The van der Waals surface area contributed by atoms with Crippen LogP contribution in [0.4, 0.5) is 13.2 Å². The molecule has 192 valence electrons. The number of carbonyl (C=O) groups excluding carboxylic acids is 1. The van der Waals surface area contributed by atoms with Gasteiger partial charge in [-0.05, 0) is 79.8 Å². The van der Waals surface area contributed by atoms with E-state index < -0.39 is 11.9 Å². The number of amides is 1. The largest absolute Gasteiger partial charge is 0.433 e. The van der Waals surface area contributed by atoms with Crippen molar-refractivity contribution in [2.45, 2.75) is 31.6 Å². The zero-order valence-corrected chi connectivity index (χ0v) is 20.2. The highest BCUT2D eigenvalue weighted by atomic mass is 19.4. The topological polar surface area (TPSA) is 83.0 Å². The van der Waals surface area contributed by atoms with Crippen molar-refractivity contribution >= 4 is 16.7 Å². The van der Waals surface area contributed by atoms with Crippen LogP contribution in [0, 0.1) is 0 Å². The number of pyridine rings is 1. The van der Waals surface area contributed by atoms with E-state index in [0.29, 0.717) is 21.9 Å². The first-order valence-corrected chi connectivity index (χ1v) is 12.0. The Bertz CT molecular complexity index is 1500. The van der Waals surface area contributed by atoms with Gasteiger partial charge in [0.15, 0.2) is 0 Å². The number of hydrogen-bond acceptors (Lipinski definition) is 4. The second-order valence-electron chi connectivity index (χ2n) is 9.46. The van der Waals surface area contributed by atoms with Crippen molar-refractivity contribution in [2.24, 2.45) is 0 Å². The summed E-state index contributed by atoms with van der Waals surface area (Å²) in [5.74, 6) is -0.132. The predicted molar refractivity (Wildman–Crippen MR) is 134 cm³/mol. The average molecular weight is 510 g/mol. The fourth-order valence-corrected chi connectivity index (χ4v) is 4.73. The summed E-state index contributed by atoms with van der Waals surface area (Å²) in [6.07, 6.45) is -0.00788. The van der Waals surface area contributed by atoms with Crippen LogP contribution in [-0.4, -0.2) is 51.8 Å². The van der Waals surface area contributed by atoms with Gasteiger partial charge in [0.05, 0.1) is 12.7 Å². The number of alkyl halides is 3. The van der Waals surface area contributed by atoms with Crippen LogP contribution in [0.5, 0.6) is 0 Å². The van der Waals surface area contributed by atoms with Crippen LogP contribution in [0.25, 0.3) is 21.9 Å². The molecular weight excluding hydrogens is 483 g/mol. The Balaban J connectivity index is 1.36. The molecule has 1 fully saturated rings. The molecule has 4 aromatic rings. The van der Waals surface area contributed by atoms with Gasteiger partial charge >= 0.3 is 6.18 Å². The third kappa shape index (κ3) is 5.29. The molecule has 1 aliphatic rings. The molecule has 5 rings (SSSR count). The molecule has 0 unspecified atom stereocenters. The third-order valence-corrected chi connectivity index (χ3v) is 6.81. The number of rotatable bonds is 5. The van der Waals surface area contributed by atoms with E-state index in [9.17, 15) is 22.8 Å². The van der Waals surface area contributed by atoms with Crippen LogP contribution in [-0.2, 0) is 12.7 Å². The van der Waals surface area contributed by atoms with Crippen molar-refractivity contribution in [1.82, 2.24) is 25.0 Å². The first kappa shape index (κ1) is 24.8. The highest BCUT2D eigenvalue weighted by molar-refractivity contribution is 5.94. The van der Waals surface area contributed by atoms with Crippen molar-refractivity contribution in [1.29, 1.82) is 0 Å². The standard InChI is InChI=1S/C27H26F3N5O2/c1-34-10-8-21(9-11-34)32-25(36)20-4-2-3-17(13-20)16-35-12-7-19-14-18(5-6-22(19)26(35)37)23-15-31-33-24(23)27(28,29)30/h2-7,12-15,21H,8-11,16H2,1H3,(H,31,33)(H,32,36). The van der Waals surface area contributed by atoms with Gasteiger partial charge in [0.2, 0.25) is 0 Å². The van der Waals surface area contributed by atoms with E-state index in [1.165, 1.54) is 16.7 Å². The highest BCUT2D eigenvalue weighted by Gasteiger charge is 2.36. The Morgan fingerprint density at radius 2 is 1.92 bits per heavy atom. The number of carbonyl (C=O) groups is 1. The van der Waals surface area contributed by atoms with Crippen LogP contribution < -0.4 is 10.9 Å². The smallest absolute Gasteiger partial charge is 0.349 e. The Hall–Kier alpha value is -3.92. The molecule has 2 aromatic heterocycles. The van der Waals surface area contributed by atoms with Gasteiger partial charge in [-0.15, -0.1) is 0 Å². The molecule has 7 nitrogen and oxygen atoms in total. The van der Waals surface area contributed by atoms with Gasteiger partial charge in [0.1, 0.15) is 5.69 Å². The lowest BCUT2D eigenvalue weighted by molar-refractivity contribution is -0.140. The molecule has 1 saturated heterocycles. The minimum absolute atomic E-state index is 0.0751. The molecule has 0 aliphatic carbocycles. The number of aromatic nitrogens is 3. The summed E-state index contributed by atoms with van der Waals surface area (Å²) in [7, 11) is 2.07. The summed E-state index contributed by atoms with van der Waals surface area (Å²) in [5, 5.41) is 9.56. The number of benzene rings is 2. The lowest BCUT2D eigenvalue weighted by atomic mass is 10.0. The van der Waals surface area contributed by atoms with E-state index in [2.05, 4.69) is 22.4 Å². The Kier molecular flexibility index (Phi) is 6.59. The van der Waals surface area contributed by atoms with E-state index in [0.717, 1.165) is 37.7 Å². The van der Waals surface area contributed by atoms with E-state index in [-0.39, 0.29) is 29.6 Å². The summed E-state index contributed by atoms with van der Waals surface area (Å²) in [5.41, 5.74) is 0.370. The molecule has 0 spiro atoms. The molecule has 2 aromatic carbocycles. The first-order chi connectivity index (χ1) is 17.7. The highest BCUT2D eigenvalue weighted by Crippen LogP contribution is 2.36. The molecule has 37 heavy (non-hydrogen) atoms. The number of aromatic amines is 1. The molecule has 0 bridgehead atoms. The zero-order valence-electron chi connectivity index (χ0n) is 20.2. The van der Waals surface area contributed by atoms with Crippen molar-refractivity contribution < 1.29 is 18.0 Å². The molecule has 0 saturated carbocycles. The number of fused-ring (bicyclic) bond motifs is 1. The molecule has 10 heteroatoms. The lowest BCUT2D eigenvalue weighted by Crippen LogP contribution is -2.43. The van der Waals surface area contributed by atoms with Crippen LogP contribution >= 0.6 is 0 Å². The van der Waals surface area contributed by atoms with Crippen LogP contribution in [0.3, 0.4) is 0 Å². The average Bonchev–Trinajstić information content (AvgIpc) is 3.38. The van der Waals surface area contributed by atoms with Crippen LogP contribution in [0.2, 0.25) is 0 Å². The van der Waals surface area contributed by atoms with Gasteiger partial charge in [0, 0.05) is 28.8 Å². The fraction of sp³-hybridized carbons (Fsp3) is 0.296. The number of piperidine rings is 1. The fourth-order valence-electron chi connectivity index (χ4n) is 4.73. The lowest BCUT2D eigenvalue weighted by Gasteiger charge is -2.29. The summed E-state index contributed by atoms with van der Waals surface area (Å²) in [6.45, 7) is 2.15. The summed E-state index contributed by atoms with van der Waals surface area (Å²) < 4.78 is 41.3. The molecule has 1 amide bonds. The molecule has 0 radical (unpaired) electrons. The SMILES string of the molecule is CN1CCC(NC(=O)c2cccc(Cn3ccc4cc(-c5cn[nH]c5C(F)(F)F)ccc4c3=O)c2)CC1. The molecule has 1 aliphatic heterocycles. The maximum absolute atomic E-state index is 13.3. The molecule has 2 N–H and O–H groups in total.